The predicted octanol–water partition coefficient (Wildman–Crippen LogP) is 3.20. The van der Waals surface area contributed by atoms with E-state index in [0.29, 0.717) is 23.3 Å². The summed E-state index contributed by atoms with van der Waals surface area (Å²) in [5.41, 5.74) is 1.30. The molecule has 1 N–H and O–H groups in total. The van der Waals surface area contributed by atoms with Gasteiger partial charge in [-0.3, -0.25) is 0 Å². The van der Waals surface area contributed by atoms with Gasteiger partial charge in [0.2, 0.25) is 0 Å². The molecule has 0 bridgehead atoms. The molecule has 0 aliphatic carbocycles. The van der Waals surface area contributed by atoms with Crippen LogP contribution in [0.1, 0.15) is 27.6 Å². The topological polar surface area (TPSA) is 46.5 Å². The maximum atomic E-state index is 13.7. The molecular formula is C15H11FO3. The summed E-state index contributed by atoms with van der Waals surface area (Å²) in [7, 11) is 0. The van der Waals surface area contributed by atoms with Gasteiger partial charge in [0.1, 0.15) is 17.7 Å². The number of hydrogen-bond acceptors (Lipinski definition) is 2. The van der Waals surface area contributed by atoms with E-state index in [9.17, 15) is 9.18 Å². The molecule has 3 nitrogen and oxygen atoms in total. The molecule has 0 amide bonds. The van der Waals surface area contributed by atoms with E-state index in [1.807, 2.05) is 0 Å². The van der Waals surface area contributed by atoms with Crippen LogP contribution in [0.5, 0.6) is 5.75 Å². The Morgan fingerprint density at radius 2 is 2.00 bits per heavy atom. The summed E-state index contributed by atoms with van der Waals surface area (Å²) in [5, 5.41) is 9.13. The van der Waals surface area contributed by atoms with E-state index in [1.54, 1.807) is 30.3 Å². The first-order valence-corrected chi connectivity index (χ1v) is 5.93. The maximum Gasteiger partial charge on any atom is 0.336 e. The Hall–Kier alpha value is -2.36. The van der Waals surface area contributed by atoms with Crippen LogP contribution in [-0.2, 0) is 6.42 Å². The molecule has 0 spiro atoms. The van der Waals surface area contributed by atoms with Gasteiger partial charge in [-0.15, -0.1) is 0 Å². The average Bonchev–Trinajstić information content (AvgIpc) is 2.82. The third kappa shape index (κ3) is 1.95. The Bertz CT molecular complexity index is 652. The van der Waals surface area contributed by atoms with Gasteiger partial charge in [-0.05, 0) is 18.2 Å². The van der Waals surface area contributed by atoms with E-state index >= 15 is 0 Å². The van der Waals surface area contributed by atoms with Gasteiger partial charge in [-0.2, -0.15) is 0 Å². The molecule has 96 valence electrons. The molecule has 19 heavy (non-hydrogen) atoms. The molecule has 1 aliphatic rings. The van der Waals surface area contributed by atoms with Crippen molar-refractivity contribution in [1.82, 2.24) is 0 Å². The first-order chi connectivity index (χ1) is 9.16. The fraction of sp³-hybridized carbons (Fsp3) is 0.133. The number of hydrogen-bond donors (Lipinski definition) is 1. The zero-order chi connectivity index (χ0) is 13.4. The molecule has 0 radical (unpaired) electrons. The van der Waals surface area contributed by atoms with Crippen molar-refractivity contribution in [3.8, 4) is 5.75 Å². The number of carbonyl (C=O) groups is 1. The molecule has 1 atom stereocenters. The summed E-state index contributed by atoms with van der Waals surface area (Å²) < 4.78 is 19.4. The molecule has 0 saturated heterocycles. The highest BCUT2D eigenvalue weighted by molar-refractivity contribution is 5.90. The highest BCUT2D eigenvalue weighted by atomic mass is 19.1. The number of aromatic carboxylic acids is 1. The van der Waals surface area contributed by atoms with Crippen LogP contribution in [-0.4, -0.2) is 11.1 Å². The van der Waals surface area contributed by atoms with Gasteiger partial charge in [0.05, 0.1) is 5.56 Å². The second-order valence-electron chi connectivity index (χ2n) is 4.42. The number of rotatable bonds is 2. The number of halogens is 1. The van der Waals surface area contributed by atoms with Crippen molar-refractivity contribution in [2.24, 2.45) is 0 Å². The number of ether oxygens (including phenoxy) is 1. The van der Waals surface area contributed by atoms with Crippen molar-refractivity contribution in [3.63, 3.8) is 0 Å². The summed E-state index contributed by atoms with van der Waals surface area (Å²) in [6.07, 6.45) is -0.0876. The summed E-state index contributed by atoms with van der Waals surface area (Å²) in [6, 6.07) is 11.3. The molecule has 2 aromatic carbocycles. The molecular weight excluding hydrogens is 247 g/mol. The molecule has 0 aromatic heterocycles. The Kier molecular flexibility index (Phi) is 2.71. The monoisotopic (exact) mass is 258 g/mol. The maximum absolute atomic E-state index is 13.7. The smallest absolute Gasteiger partial charge is 0.336 e. The van der Waals surface area contributed by atoms with E-state index in [0.717, 1.165) is 0 Å². The van der Waals surface area contributed by atoms with Gasteiger partial charge in [-0.25, -0.2) is 9.18 Å². The second kappa shape index (κ2) is 4.39. The molecule has 1 heterocycles. The van der Waals surface area contributed by atoms with Gasteiger partial charge >= 0.3 is 5.97 Å². The van der Waals surface area contributed by atoms with Crippen molar-refractivity contribution in [1.29, 1.82) is 0 Å². The number of carboxylic acids is 1. The van der Waals surface area contributed by atoms with Crippen LogP contribution < -0.4 is 4.74 Å². The lowest BCUT2D eigenvalue weighted by molar-refractivity contribution is 0.0696. The Morgan fingerprint density at radius 3 is 2.74 bits per heavy atom. The first kappa shape index (κ1) is 11.7. The molecule has 4 heteroatoms. The fourth-order valence-corrected chi connectivity index (χ4v) is 2.38. The van der Waals surface area contributed by atoms with Crippen LogP contribution in [0, 0.1) is 5.82 Å². The van der Waals surface area contributed by atoms with Crippen LogP contribution in [0.3, 0.4) is 0 Å². The van der Waals surface area contributed by atoms with Crippen LogP contribution in [0.25, 0.3) is 0 Å². The fourth-order valence-electron chi connectivity index (χ4n) is 2.38. The highest BCUT2D eigenvalue weighted by Gasteiger charge is 2.29. The van der Waals surface area contributed by atoms with E-state index in [4.69, 9.17) is 9.84 Å². The minimum absolute atomic E-state index is 0.219. The molecule has 2 aromatic rings. The van der Waals surface area contributed by atoms with Crippen LogP contribution in [0.2, 0.25) is 0 Å². The summed E-state index contributed by atoms with van der Waals surface area (Å²) in [6.45, 7) is 0. The molecule has 0 saturated carbocycles. The van der Waals surface area contributed by atoms with Crippen molar-refractivity contribution in [2.75, 3.05) is 0 Å². The molecule has 1 aliphatic heterocycles. The third-order valence-electron chi connectivity index (χ3n) is 3.27. The van der Waals surface area contributed by atoms with Crippen molar-refractivity contribution in [3.05, 3.63) is 65.0 Å². The van der Waals surface area contributed by atoms with Gasteiger partial charge in [0.15, 0.2) is 0 Å². The highest BCUT2D eigenvalue weighted by Crippen LogP contribution is 2.39. The number of benzene rings is 2. The SMILES string of the molecule is O=C(O)c1cccc2c1CC(c1ccccc1F)O2. The van der Waals surface area contributed by atoms with Gasteiger partial charge in [-0.1, -0.05) is 24.3 Å². The zero-order valence-corrected chi connectivity index (χ0v) is 9.97. The summed E-state index contributed by atoms with van der Waals surface area (Å²) in [4.78, 5) is 11.1. The first-order valence-electron chi connectivity index (χ1n) is 5.93. The van der Waals surface area contributed by atoms with Crippen molar-refractivity contribution in [2.45, 2.75) is 12.5 Å². The molecule has 1 unspecified atom stereocenters. The summed E-state index contributed by atoms with van der Waals surface area (Å²) in [5.74, 6) is -0.806. The van der Waals surface area contributed by atoms with Crippen LogP contribution >= 0.6 is 0 Å². The normalized spacial score (nSPS) is 16.8. The minimum Gasteiger partial charge on any atom is -0.485 e. The Labute approximate surface area is 109 Å². The zero-order valence-electron chi connectivity index (χ0n) is 9.97. The number of carboxylic acid groups (broad SMARTS) is 1. The quantitative estimate of drug-likeness (QED) is 0.899. The van der Waals surface area contributed by atoms with Crippen LogP contribution in [0.15, 0.2) is 42.5 Å². The van der Waals surface area contributed by atoms with Crippen LogP contribution in [0.4, 0.5) is 4.39 Å². The standard InChI is InChI=1S/C15H11FO3/c16-12-6-2-1-4-10(12)14-8-11-9(15(17)18)5-3-7-13(11)19-14/h1-7,14H,8H2,(H,17,18). The Morgan fingerprint density at radius 1 is 1.21 bits per heavy atom. The van der Waals surface area contributed by atoms with Gasteiger partial charge in [0, 0.05) is 17.5 Å². The minimum atomic E-state index is -0.991. The second-order valence-corrected chi connectivity index (χ2v) is 4.42. The van der Waals surface area contributed by atoms with E-state index in [-0.39, 0.29) is 11.4 Å². The third-order valence-corrected chi connectivity index (χ3v) is 3.27. The lowest BCUT2D eigenvalue weighted by atomic mass is 9.99. The summed E-state index contributed by atoms with van der Waals surface area (Å²) >= 11 is 0. The lowest BCUT2D eigenvalue weighted by Gasteiger charge is -2.11. The molecule has 3 rings (SSSR count). The largest absolute Gasteiger partial charge is 0.485 e. The lowest BCUT2D eigenvalue weighted by Crippen LogP contribution is -2.06. The average molecular weight is 258 g/mol. The van der Waals surface area contributed by atoms with Crippen molar-refractivity contribution < 1.29 is 19.0 Å². The van der Waals surface area contributed by atoms with Crippen molar-refractivity contribution >= 4 is 5.97 Å². The number of fused-ring (bicyclic) bond motifs is 1. The molecule has 0 fully saturated rings. The van der Waals surface area contributed by atoms with Gasteiger partial charge in [0.25, 0.3) is 0 Å². The predicted molar refractivity (Wildman–Crippen MR) is 66.9 cm³/mol. The van der Waals surface area contributed by atoms with E-state index in [1.165, 1.54) is 12.1 Å². The van der Waals surface area contributed by atoms with E-state index in [2.05, 4.69) is 0 Å². The van der Waals surface area contributed by atoms with Gasteiger partial charge < -0.3 is 9.84 Å². The Balaban J connectivity index is 1.99. The van der Waals surface area contributed by atoms with E-state index < -0.39 is 12.1 Å².